The van der Waals surface area contributed by atoms with E-state index in [9.17, 15) is 4.39 Å². The fourth-order valence-electron chi connectivity index (χ4n) is 1.28. The standard InChI is InChI=1S/C12H14BrFN2/c1-8(2)7-16-12(6-15)9-3-4-10(13)11(14)5-9/h3-5,8,12,16H,7H2,1-2H3. The summed E-state index contributed by atoms with van der Waals surface area (Å²) in [6.45, 7) is 4.85. The number of benzene rings is 1. The van der Waals surface area contributed by atoms with Gasteiger partial charge in [-0.3, -0.25) is 5.32 Å². The summed E-state index contributed by atoms with van der Waals surface area (Å²) in [5.74, 6) is 0.111. The number of rotatable bonds is 4. The van der Waals surface area contributed by atoms with Gasteiger partial charge in [0.05, 0.1) is 10.5 Å². The lowest BCUT2D eigenvalue weighted by molar-refractivity contribution is 0.522. The predicted octanol–water partition coefficient (Wildman–Crippen LogP) is 3.40. The number of nitriles is 1. The molecule has 0 spiro atoms. The second-order valence-corrected chi connectivity index (χ2v) is 4.89. The van der Waals surface area contributed by atoms with Gasteiger partial charge < -0.3 is 0 Å². The van der Waals surface area contributed by atoms with Crippen molar-refractivity contribution >= 4 is 15.9 Å². The summed E-state index contributed by atoms with van der Waals surface area (Å²) >= 11 is 3.08. The van der Waals surface area contributed by atoms with Crippen molar-refractivity contribution in [2.24, 2.45) is 5.92 Å². The highest BCUT2D eigenvalue weighted by atomic mass is 79.9. The molecule has 4 heteroatoms. The molecular formula is C12H14BrFN2. The van der Waals surface area contributed by atoms with E-state index in [2.05, 4.69) is 41.2 Å². The van der Waals surface area contributed by atoms with Crippen LogP contribution in [-0.4, -0.2) is 6.54 Å². The second kappa shape index (κ2) is 5.97. The smallest absolute Gasteiger partial charge is 0.137 e. The molecule has 2 nitrogen and oxygen atoms in total. The van der Waals surface area contributed by atoms with Crippen LogP contribution in [-0.2, 0) is 0 Å². The Balaban J connectivity index is 2.80. The van der Waals surface area contributed by atoms with Gasteiger partial charge in [0.1, 0.15) is 11.9 Å². The normalized spacial score (nSPS) is 12.5. The van der Waals surface area contributed by atoms with Gasteiger partial charge in [-0.25, -0.2) is 4.39 Å². The zero-order valence-corrected chi connectivity index (χ0v) is 10.9. The highest BCUT2D eigenvalue weighted by molar-refractivity contribution is 9.10. The summed E-state index contributed by atoms with van der Waals surface area (Å²) in [6.07, 6.45) is 0. The van der Waals surface area contributed by atoms with Gasteiger partial charge in [0.25, 0.3) is 0 Å². The first-order valence-electron chi connectivity index (χ1n) is 5.12. The Morgan fingerprint density at radius 1 is 1.50 bits per heavy atom. The molecule has 1 N–H and O–H groups in total. The third kappa shape index (κ3) is 3.58. The number of hydrogen-bond donors (Lipinski definition) is 1. The van der Waals surface area contributed by atoms with Crippen LogP contribution in [0.1, 0.15) is 25.5 Å². The van der Waals surface area contributed by atoms with E-state index in [-0.39, 0.29) is 5.82 Å². The van der Waals surface area contributed by atoms with Crippen LogP contribution in [0.25, 0.3) is 0 Å². The van der Waals surface area contributed by atoms with E-state index in [1.54, 1.807) is 12.1 Å². The van der Waals surface area contributed by atoms with Crippen molar-refractivity contribution in [2.75, 3.05) is 6.54 Å². The maximum atomic E-state index is 13.3. The first-order chi connectivity index (χ1) is 7.54. The van der Waals surface area contributed by atoms with E-state index in [4.69, 9.17) is 5.26 Å². The molecule has 1 aromatic carbocycles. The summed E-state index contributed by atoms with van der Waals surface area (Å²) < 4.78 is 13.7. The molecule has 0 bridgehead atoms. The molecule has 0 amide bonds. The van der Waals surface area contributed by atoms with Crippen molar-refractivity contribution in [3.05, 3.63) is 34.1 Å². The molecule has 0 aliphatic heterocycles. The minimum absolute atomic E-state index is 0.343. The molecule has 1 unspecified atom stereocenters. The Morgan fingerprint density at radius 2 is 2.19 bits per heavy atom. The van der Waals surface area contributed by atoms with Gasteiger partial charge >= 0.3 is 0 Å². The molecule has 0 saturated heterocycles. The van der Waals surface area contributed by atoms with Crippen LogP contribution >= 0.6 is 15.9 Å². The lowest BCUT2D eigenvalue weighted by atomic mass is 10.1. The average molecular weight is 285 g/mol. The van der Waals surface area contributed by atoms with E-state index in [1.807, 2.05) is 0 Å². The minimum atomic E-state index is -0.454. The fourth-order valence-corrected chi connectivity index (χ4v) is 1.53. The van der Waals surface area contributed by atoms with E-state index >= 15 is 0 Å². The molecular weight excluding hydrogens is 271 g/mol. The Kier molecular flexibility index (Phi) is 4.91. The molecule has 86 valence electrons. The van der Waals surface area contributed by atoms with Crippen molar-refractivity contribution in [3.8, 4) is 6.07 Å². The molecule has 16 heavy (non-hydrogen) atoms. The molecule has 1 rings (SSSR count). The molecule has 0 saturated carbocycles. The summed E-state index contributed by atoms with van der Waals surface area (Å²) in [7, 11) is 0. The highest BCUT2D eigenvalue weighted by Gasteiger charge is 2.12. The van der Waals surface area contributed by atoms with Crippen LogP contribution in [0.3, 0.4) is 0 Å². The molecule has 0 radical (unpaired) electrons. The zero-order valence-electron chi connectivity index (χ0n) is 9.30. The minimum Gasteiger partial charge on any atom is -0.298 e. The van der Waals surface area contributed by atoms with Gasteiger partial charge in [0.15, 0.2) is 0 Å². The second-order valence-electron chi connectivity index (χ2n) is 4.04. The molecule has 0 heterocycles. The van der Waals surface area contributed by atoms with Gasteiger partial charge in [-0.1, -0.05) is 19.9 Å². The quantitative estimate of drug-likeness (QED) is 0.920. The van der Waals surface area contributed by atoms with Crippen LogP contribution in [0.5, 0.6) is 0 Å². The van der Waals surface area contributed by atoms with E-state index in [0.29, 0.717) is 16.0 Å². The number of nitrogens with one attached hydrogen (secondary N) is 1. The van der Waals surface area contributed by atoms with Crippen molar-refractivity contribution in [2.45, 2.75) is 19.9 Å². The third-order valence-electron chi connectivity index (χ3n) is 2.14. The van der Waals surface area contributed by atoms with Crippen LogP contribution in [0, 0.1) is 23.1 Å². The Labute approximate surface area is 104 Å². The first kappa shape index (κ1) is 13.1. The SMILES string of the molecule is CC(C)CNC(C#N)c1ccc(Br)c(F)c1. The van der Waals surface area contributed by atoms with Crippen LogP contribution in [0.15, 0.2) is 22.7 Å². The molecule has 0 fully saturated rings. The Hall–Kier alpha value is -0.920. The van der Waals surface area contributed by atoms with Crippen molar-refractivity contribution in [3.63, 3.8) is 0 Å². The van der Waals surface area contributed by atoms with E-state index in [0.717, 1.165) is 6.54 Å². The first-order valence-corrected chi connectivity index (χ1v) is 5.92. The van der Waals surface area contributed by atoms with E-state index in [1.165, 1.54) is 6.07 Å². The predicted molar refractivity (Wildman–Crippen MR) is 65.3 cm³/mol. The maximum Gasteiger partial charge on any atom is 0.137 e. The summed E-state index contributed by atoms with van der Waals surface area (Å²) in [5, 5.41) is 12.1. The summed E-state index contributed by atoms with van der Waals surface area (Å²) in [5.41, 5.74) is 0.656. The maximum absolute atomic E-state index is 13.3. The summed E-state index contributed by atoms with van der Waals surface area (Å²) in [6, 6.07) is 6.42. The van der Waals surface area contributed by atoms with Crippen LogP contribution in [0.4, 0.5) is 4.39 Å². The van der Waals surface area contributed by atoms with Gasteiger partial charge in [0, 0.05) is 0 Å². The van der Waals surface area contributed by atoms with Crippen LogP contribution in [0.2, 0.25) is 0 Å². The van der Waals surface area contributed by atoms with Gasteiger partial charge in [-0.05, 0) is 46.1 Å². The van der Waals surface area contributed by atoms with Crippen LogP contribution < -0.4 is 5.32 Å². The number of hydrogen-bond acceptors (Lipinski definition) is 2. The lowest BCUT2D eigenvalue weighted by Gasteiger charge is -2.13. The van der Waals surface area contributed by atoms with Gasteiger partial charge in [0.2, 0.25) is 0 Å². The number of halogens is 2. The summed E-state index contributed by atoms with van der Waals surface area (Å²) in [4.78, 5) is 0. The van der Waals surface area contributed by atoms with Gasteiger partial charge in [-0.2, -0.15) is 5.26 Å². The monoisotopic (exact) mass is 284 g/mol. The third-order valence-corrected chi connectivity index (χ3v) is 2.78. The Bertz CT molecular complexity index is 398. The largest absolute Gasteiger partial charge is 0.298 e. The fraction of sp³-hybridized carbons (Fsp3) is 0.417. The average Bonchev–Trinajstić information content (AvgIpc) is 2.23. The molecule has 0 aliphatic carbocycles. The highest BCUT2D eigenvalue weighted by Crippen LogP contribution is 2.20. The molecule has 1 aromatic rings. The topological polar surface area (TPSA) is 35.8 Å². The molecule has 0 aliphatic rings. The lowest BCUT2D eigenvalue weighted by Crippen LogP contribution is -2.24. The van der Waals surface area contributed by atoms with Crippen molar-refractivity contribution in [1.82, 2.24) is 5.32 Å². The van der Waals surface area contributed by atoms with E-state index < -0.39 is 6.04 Å². The Morgan fingerprint density at radius 3 is 2.69 bits per heavy atom. The molecule has 1 atom stereocenters. The van der Waals surface area contributed by atoms with Crippen molar-refractivity contribution < 1.29 is 4.39 Å². The number of nitrogens with zero attached hydrogens (tertiary/aromatic N) is 1. The van der Waals surface area contributed by atoms with Crippen molar-refractivity contribution in [1.29, 1.82) is 5.26 Å². The van der Waals surface area contributed by atoms with Gasteiger partial charge in [-0.15, -0.1) is 0 Å². The zero-order chi connectivity index (χ0) is 12.1. The molecule has 0 aromatic heterocycles.